The van der Waals surface area contributed by atoms with Crippen molar-refractivity contribution >= 4 is 0 Å². The maximum absolute atomic E-state index is 5.04. The number of methoxy groups -OCH3 is 1. The fourth-order valence-corrected chi connectivity index (χ4v) is 0.709. The maximum Gasteiger partial charge on any atom is 0.254 e. The summed E-state index contributed by atoms with van der Waals surface area (Å²) >= 11 is 0. The molecule has 1 aromatic heterocycles. The van der Waals surface area contributed by atoms with E-state index < -0.39 is 0 Å². The molecule has 1 heterocycles. The molecule has 3 nitrogen and oxygen atoms in total. The van der Waals surface area contributed by atoms with Crippen molar-refractivity contribution < 1.29 is 9.26 Å². The summed E-state index contributed by atoms with van der Waals surface area (Å²) in [6, 6.07) is 1.81. The molecule has 11 heavy (non-hydrogen) atoms. The molecule has 0 fully saturated rings. The van der Waals surface area contributed by atoms with Crippen molar-refractivity contribution in [2.45, 2.75) is 26.2 Å². The lowest BCUT2D eigenvalue weighted by Crippen LogP contribution is -2.09. The summed E-state index contributed by atoms with van der Waals surface area (Å²) in [6.07, 6.45) is 0. The van der Waals surface area contributed by atoms with Gasteiger partial charge in [0.2, 0.25) is 0 Å². The predicted molar refractivity (Wildman–Crippen MR) is 41.8 cm³/mol. The minimum absolute atomic E-state index is 0.00375. The van der Waals surface area contributed by atoms with Gasteiger partial charge in [-0.05, 0) is 5.16 Å². The first-order valence-corrected chi connectivity index (χ1v) is 3.55. The molecule has 0 aliphatic carbocycles. The van der Waals surface area contributed by atoms with Crippen LogP contribution in [0.5, 0.6) is 5.88 Å². The van der Waals surface area contributed by atoms with Gasteiger partial charge >= 0.3 is 0 Å². The van der Waals surface area contributed by atoms with Crippen LogP contribution in [0.3, 0.4) is 0 Å². The Kier molecular flexibility index (Phi) is 1.89. The summed E-state index contributed by atoms with van der Waals surface area (Å²) in [5, 5.41) is 3.70. The van der Waals surface area contributed by atoms with Crippen molar-refractivity contribution in [1.82, 2.24) is 5.16 Å². The summed E-state index contributed by atoms with van der Waals surface area (Å²) in [4.78, 5) is 0. The van der Waals surface area contributed by atoms with E-state index in [2.05, 4.69) is 25.9 Å². The predicted octanol–water partition coefficient (Wildman–Crippen LogP) is 1.98. The van der Waals surface area contributed by atoms with E-state index in [0.717, 1.165) is 5.76 Å². The summed E-state index contributed by atoms with van der Waals surface area (Å²) in [5.74, 6) is 1.38. The number of nitrogens with zero attached hydrogens (tertiary/aromatic N) is 1. The van der Waals surface area contributed by atoms with Gasteiger partial charge in [-0.3, -0.25) is 0 Å². The Morgan fingerprint density at radius 2 is 2.09 bits per heavy atom. The molecular weight excluding hydrogens is 142 g/mol. The third-order valence-corrected chi connectivity index (χ3v) is 1.44. The van der Waals surface area contributed by atoms with Crippen LogP contribution in [0.4, 0.5) is 0 Å². The van der Waals surface area contributed by atoms with Crippen molar-refractivity contribution in [3.05, 3.63) is 11.8 Å². The molecule has 62 valence electrons. The molecule has 0 N–H and O–H groups in total. The SMILES string of the molecule is COc1cc(C(C)(C)C)on1. The highest BCUT2D eigenvalue weighted by Gasteiger charge is 2.19. The summed E-state index contributed by atoms with van der Waals surface area (Å²) < 4.78 is 9.93. The van der Waals surface area contributed by atoms with Gasteiger partial charge in [-0.25, -0.2) is 0 Å². The summed E-state index contributed by atoms with van der Waals surface area (Å²) in [7, 11) is 1.57. The topological polar surface area (TPSA) is 35.3 Å². The summed E-state index contributed by atoms with van der Waals surface area (Å²) in [6.45, 7) is 6.19. The van der Waals surface area contributed by atoms with E-state index in [1.807, 2.05) is 0 Å². The molecule has 0 atom stereocenters. The lowest BCUT2D eigenvalue weighted by atomic mass is 9.94. The maximum atomic E-state index is 5.04. The summed E-state index contributed by atoms with van der Waals surface area (Å²) in [5.41, 5.74) is 0.00375. The van der Waals surface area contributed by atoms with Crippen LogP contribution < -0.4 is 4.74 Å². The normalized spacial score (nSPS) is 11.6. The zero-order valence-electron chi connectivity index (χ0n) is 7.34. The van der Waals surface area contributed by atoms with Gasteiger partial charge in [0.05, 0.1) is 7.11 Å². The Balaban J connectivity index is 2.89. The smallest absolute Gasteiger partial charge is 0.254 e. The molecule has 1 rings (SSSR count). The van der Waals surface area contributed by atoms with Crippen LogP contribution in [0.2, 0.25) is 0 Å². The number of ether oxygens (including phenoxy) is 1. The number of aromatic nitrogens is 1. The molecule has 0 aromatic carbocycles. The Morgan fingerprint density at radius 1 is 1.45 bits per heavy atom. The van der Waals surface area contributed by atoms with Crippen LogP contribution in [-0.2, 0) is 5.41 Å². The minimum atomic E-state index is 0.00375. The quantitative estimate of drug-likeness (QED) is 0.622. The molecule has 0 saturated heterocycles. The Morgan fingerprint density at radius 3 is 2.36 bits per heavy atom. The lowest BCUT2D eigenvalue weighted by molar-refractivity contribution is 0.301. The number of hydrogen-bond donors (Lipinski definition) is 0. The molecule has 0 unspecified atom stereocenters. The molecule has 0 amide bonds. The highest BCUT2D eigenvalue weighted by Crippen LogP contribution is 2.24. The second-order valence-electron chi connectivity index (χ2n) is 3.48. The number of rotatable bonds is 1. The van der Waals surface area contributed by atoms with E-state index in [9.17, 15) is 0 Å². The highest BCUT2D eigenvalue weighted by molar-refractivity contribution is 5.16. The van der Waals surface area contributed by atoms with Gasteiger partial charge in [-0.1, -0.05) is 20.8 Å². The molecule has 0 saturated carbocycles. The molecular formula is C8H13NO2. The van der Waals surface area contributed by atoms with Crippen LogP contribution in [0, 0.1) is 0 Å². The average Bonchev–Trinajstić information content (AvgIpc) is 2.32. The van der Waals surface area contributed by atoms with Crippen LogP contribution in [0.15, 0.2) is 10.6 Å². The molecule has 0 aliphatic heterocycles. The van der Waals surface area contributed by atoms with E-state index in [1.54, 1.807) is 13.2 Å². The van der Waals surface area contributed by atoms with E-state index in [0.29, 0.717) is 5.88 Å². The molecule has 3 heteroatoms. The first-order chi connectivity index (χ1) is 5.04. The Hall–Kier alpha value is -0.990. The monoisotopic (exact) mass is 155 g/mol. The van der Waals surface area contributed by atoms with Gasteiger partial charge in [0.1, 0.15) is 5.76 Å². The third-order valence-electron chi connectivity index (χ3n) is 1.44. The largest absolute Gasteiger partial charge is 0.479 e. The number of hydrogen-bond acceptors (Lipinski definition) is 3. The Bertz CT molecular complexity index is 234. The Labute approximate surface area is 66.3 Å². The van der Waals surface area contributed by atoms with Gasteiger partial charge in [0, 0.05) is 11.5 Å². The van der Waals surface area contributed by atoms with Gasteiger partial charge < -0.3 is 9.26 Å². The van der Waals surface area contributed by atoms with Gasteiger partial charge in [-0.2, -0.15) is 0 Å². The van der Waals surface area contributed by atoms with Crippen LogP contribution in [0.25, 0.3) is 0 Å². The van der Waals surface area contributed by atoms with Crippen LogP contribution >= 0.6 is 0 Å². The highest BCUT2D eigenvalue weighted by atomic mass is 16.5. The second-order valence-corrected chi connectivity index (χ2v) is 3.48. The van der Waals surface area contributed by atoms with E-state index >= 15 is 0 Å². The van der Waals surface area contributed by atoms with Gasteiger partial charge in [0.25, 0.3) is 5.88 Å². The fraction of sp³-hybridized carbons (Fsp3) is 0.625. The zero-order valence-corrected chi connectivity index (χ0v) is 7.34. The van der Waals surface area contributed by atoms with Crippen molar-refractivity contribution in [1.29, 1.82) is 0 Å². The molecule has 0 bridgehead atoms. The van der Waals surface area contributed by atoms with Crippen LogP contribution in [-0.4, -0.2) is 12.3 Å². The standard InChI is InChI=1S/C8H13NO2/c1-8(2,3)6-5-7(10-4)9-11-6/h5H,1-4H3. The first kappa shape index (κ1) is 8.11. The van der Waals surface area contributed by atoms with Gasteiger partial charge in [-0.15, -0.1) is 0 Å². The third kappa shape index (κ3) is 1.73. The lowest BCUT2D eigenvalue weighted by Gasteiger charge is -2.11. The molecule has 0 aliphatic rings. The zero-order chi connectivity index (χ0) is 8.48. The van der Waals surface area contributed by atoms with E-state index in [4.69, 9.17) is 9.26 Å². The van der Waals surface area contributed by atoms with Crippen LogP contribution in [0.1, 0.15) is 26.5 Å². The first-order valence-electron chi connectivity index (χ1n) is 3.55. The van der Waals surface area contributed by atoms with Crippen molar-refractivity contribution in [2.75, 3.05) is 7.11 Å². The van der Waals surface area contributed by atoms with E-state index in [1.165, 1.54) is 0 Å². The van der Waals surface area contributed by atoms with Crippen molar-refractivity contribution in [3.8, 4) is 5.88 Å². The van der Waals surface area contributed by atoms with E-state index in [-0.39, 0.29) is 5.41 Å². The molecule has 0 spiro atoms. The minimum Gasteiger partial charge on any atom is -0.479 e. The van der Waals surface area contributed by atoms with Crippen molar-refractivity contribution in [3.63, 3.8) is 0 Å². The van der Waals surface area contributed by atoms with Crippen molar-refractivity contribution in [2.24, 2.45) is 0 Å². The average molecular weight is 155 g/mol. The molecule has 0 radical (unpaired) electrons. The van der Waals surface area contributed by atoms with Gasteiger partial charge in [0.15, 0.2) is 0 Å². The fourth-order valence-electron chi connectivity index (χ4n) is 0.709. The molecule has 1 aromatic rings. The second kappa shape index (κ2) is 2.57.